The van der Waals surface area contributed by atoms with Crippen LogP contribution in [0.5, 0.6) is 0 Å². The molecule has 41 heavy (non-hydrogen) atoms. The average Bonchev–Trinajstić information content (AvgIpc) is 3.34. The third-order valence-corrected chi connectivity index (χ3v) is 7.25. The van der Waals surface area contributed by atoms with E-state index in [1.165, 1.54) is 26.2 Å². The number of anilines is 1. The molecular weight excluding hydrogens is 544 g/mol. The summed E-state index contributed by atoms with van der Waals surface area (Å²) in [7, 11) is 0. The number of Topliss-reactive ketones (excluding diaryl/α,β-unsaturated/α-hetero) is 1. The highest BCUT2D eigenvalue weighted by atomic mass is 19.4. The number of carbonyl (C=O) groups excluding carboxylic acids is 2. The van der Waals surface area contributed by atoms with Gasteiger partial charge in [0.25, 0.3) is 5.91 Å². The maximum Gasteiger partial charge on any atom is 0.449 e. The lowest BCUT2D eigenvalue weighted by molar-refractivity contribution is -0.172. The van der Waals surface area contributed by atoms with E-state index in [2.05, 4.69) is 20.7 Å². The van der Waals surface area contributed by atoms with E-state index in [9.17, 15) is 32.3 Å². The molecule has 0 bridgehead atoms. The number of nitriles is 1. The van der Waals surface area contributed by atoms with Crippen molar-refractivity contribution < 1.29 is 32.3 Å². The smallest absolute Gasteiger partial charge is 0.387 e. The van der Waals surface area contributed by atoms with Crippen molar-refractivity contribution in [3.63, 3.8) is 0 Å². The molecule has 0 unspecified atom stereocenters. The molecule has 0 aliphatic heterocycles. The summed E-state index contributed by atoms with van der Waals surface area (Å²) in [6.07, 6.45) is -2.60. The second kappa shape index (κ2) is 11.8. The summed E-state index contributed by atoms with van der Waals surface area (Å²) in [6, 6.07) is 8.66. The van der Waals surface area contributed by atoms with Crippen molar-refractivity contribution in [1.29, 1.82) is 5.26 Å². The number of hydrogen-bond donors (Lipinski definition) is 3. The molecule has 1 amide bonds. The molecule has 1 aliphatic carbocycles. The van der Waals surface area contributed by atoms with Crippen molar-refractivity contribution in [3.05, 3.63) is 47.8 Å². The van der Waals surface area contributed by atoms with Crippen LogP contribution < -0.4 is 10.6 Å². The lowest BCUT2D eigenvalue weighted by Gasteiger charge is -2.30. The van der Waals surface area contributed by atoms with Crippen LogP contribution in [0.2, 0.25) is 0 Å². The van der Waals surface area contributed by atoms with E-state index < -0.39 is 42.6 Å². The fourth-order valence-corrected chi connectivity index (χ4v) is 4.79. The Balaban J connectivity index is 1.57. The molecule has 4 rings (SSSR count). The normalized spacial score (nSPS) is 18.5. The summed E-state index contributed by atoms with van der Waals surface area (Å²) in [6.45, 7) is 2.15. The summed E-state index contributed by atoms with van der Waals surface area (Å²) in [5.41, 5.74) is 0.914. The van der Waals surface area contributed by atoms with Gasteiger partial charge in [-0.1, -0.05) is 0 Å². The molecule has 0 radical (unpaired) electrons. The van der Waals surface area contributed by atoms with Gasteiger partial charge in [0.05, 0.1) is 52.1 Å². The average molecular weight is 575 g/mol. The van der Waals surface area contributed by atoms with Crippen LogP contribution in [0, 0.1) is 17.2 Å². The number of halogens is 4. The Morgan fingerprint density at radius 1 is 1.17 bits per heavy atom. The lowest BCUT2D eigenvalue weighted by atomic mass is 9.83. The van der Waals surface area contributed by atoms with Crippen LogP contribution in [-0.2, 0) is 4.79 Å². The van der Waals surface area contributed by atoms with Gasteiger partial charge in [-0.05, 0) is 69.7 Å². The number of carbonyl (C=O) groups is 2. The van der Waals surface area contributed by atoms with Gasteiger partial charge in [0.2, 0.25) is 5.78 Å². The number of nitrogens with one attached hydrogen (secondary N) is 2. The Morgan fingerprint density at radius 3 is 2.51 bits per heavy atom. The first-order valence-electron chi connectivity index (χ1n) is 13.2. The van der Waals surface area contributed by atoms with Crippen LogP contribution in [0.1, 0.15) is 61.9 Å². The lowest BCUT2D eigenvalue weighted by Crippen LogP contribution is -2.42. The number of hydrogen-bond acceptors (Lipinski definition) is 7. The maximum absolute atomic E-state index is 14.3. The van der Waals surface area contributed by atoms with Crippen LogP contribution in [0.25, 0.3) is 16.9 Å². The number of aromatic nitrogens is 3. The number of fused-ring (bicyclic) bond motifs is 1. The van der Waals surface area contributed by atoms with Crippen molar-refractivity contribution in [3.8, 4) is 17.5 Å². The Kier molecular flexibility index (Phi) is 8.63. The van der Waals surface area contributed by atoms with Gasteiger partial charge in [0.1, 0.15) is 12.2 Å². The third kappa shape index (κ3) is 7.18. The molecule has 0 aromatic carbocycles. The van der Waals surface area contributed by atoms with Gasteiger partial charge < -0.3 is 15.7 Å². The van der Waals surface area contributed by atoms with E-state index in [0.717, 1.165) is 0 Å². The molecule has 3 heterocycles. The topological polar surface area (TPSA) is 132 Å². The van der Waals surface area contributed by atoms with Gasteiger partial charge in [-0.2, -0.15) is 23.5 Å². The second-order valence-electron chi connectivity index (χ2n) is 10.8. The van der Waals surface area contributed by atoms with E-state index in [0.29, 0.717) is 53.8 Å². The van der Waals surface area contributed by atoms with Crippen LogP contribution in [0.3, 0.4) is 0 Å². The van der Waals surface area contributed by atoms with Crippen LogP contribution >= 0.6 is 0 Å². The van der Waals surface area contributed by atoms with Gasteiger partial charge in [0.15, 0.2) is 0 Å². The highest BCUT2D eigenvalue weighted by Crippen LogP contribution is 2.33. The SMILES string of the molecule is CC(C)(O)[C@H](F)CNC(=O)c1cnc(-c2ccc3cc(C#N)cnn23)cc1NC1CCC(CC(=O)C(F)(F)F)CC1. The summed E-state index contributed by atoms with van der Waals surface area (Å²) in [4.78, 5) is 28.9. The van der Waals surface area contributed by atoms with Gasteiger partial charge in [-0.15, -0.1) is 0 Å². The van der Waals surface area contributed by atoms with Crippen molar-refractivity contribution in [2.45, 2.75) is 69.9 Å². The van der Waals surface area contributed by atoms with Crippen molar-refractivity contribution >= 4 is 22.9 Å². The summed E-state index contributed by atoms with van der Waals surface area (Å²) < 4.78 is 54.0. The van der Waals surface area contributed by atoms with Crippen LogP contribution in [0.4, 0.5) is 23.2 Å². The van der Waals surface area contributed by atoms with Gasteiger partial charge in [0, 0.05) is 18.7 Å². The molecule has 3 aromatic rings. The quantitative estimate of drug-likeness (QED) is 0.318. The number of rotatable bonds is 9. The van der Waals surface area contributed by atoms with E-state index in [4.69, 9.17) is 5.26 Å². The molecule has 218 valence electrons. The molecule has 13 heteroatoms. The summed E-state index contributed by atoms with van der Waals surface area (Å²) in [5.74, 6) is -2.73. The van der Waals surface area contributed by atoms with Crippen molar-refractivity contribution in [2.24, 2.45) is 5.92 Å². The minimum Gasteiger partial charge on any atom is -0.387 e. The number of alkyl halides is 4. The zero-order chi connectivity index (χ0) is 29.9. The Morgan fingerprint density at radius 2 is 1.88 bits per heavy atom. The van der Waals surface area contributed by atoms with Crippen molar-refractivity contribution in [1.82, 2.24) is 19.9 Å². The van der Waals surface area contributed by atoms with E-state index in [1.807, 2.05) is 6.07 Å². The third-order valence-electron chi connectivity index (χ3n) is 7.25. The highest BCUT2D eigenvalue weighted by molar-refractivity contribution is 6.00. The predicted molar refractivity (Wildman–Crippen MR) is 142 cm³/mol. The molecule has 1 aliphatic rings. The van der Waals surface area contributed by atoms with Crippen LogP contribution in [0.15, 0.2) is 36.7 Å². The molecule has 0 saturated heterocycles. The van der Waals surface area contributed by atoms with Crippen LogP contribution in [-0.4, -0.2) is 61.9 Å². The minimum atomic E-state index is -4.84. The Labute approximate surface area is 233 Å². The molecule has 9 nitrogen and oxygen atoms in total. The van der Waals surface area contributed by atoms with E-state index in [1.54, 1.807) is 28.8 Å². The maximum atomic E-state index is 14.3. The zero-order valence-corrected chi connectivity index (χ0v) is 22.5. The zero-order valence-electron chi connectivity index (χ0n) is 22.5. The van der Waals surface area contributed by atoms with Gasteiger partial charge in [-0.25, -0.2) is 8.91 Å². The first-order valence-corrected chi connectivity index (χ1v) is 13.2. The first-order chi connectivity index (χ1) is 19.3. The number of amides is 1. The Bertz CT molecular complexity index is 1470. The minimum absolute atomic E-state index is 0.117. The molecule has 1 saturated carbocycles. The fraction of sp³-hybridized carbons (Fsp3) is 0.464. The molecule has 3 N–H and O–H groups in total. The number of ketones is 1. The molecule has 3 aromatic heterocycles. The van der Waals surface area contributed by atoms with E-state index in [-0.39, 0.29) is 17.5 Å². The standard InChI is InChI=1S/C28H30F4N6O3/c1-27(2,41)24(29)15-35-26(40)20-14-34-22(23-8-7-19-9-17(12-33)13-36-38(19)23)11-21(20)37-18-5-3-16(4-6-18)10-25(39)28(30,31)32/h7-9,11,13-14,16,18,24,41H,3-6,10,15H2,1-2H3,(H,34,37)(H,35,40)/t16?,18?,24-/m1/s1. The number of pyridine rings is 1. The summed E-state index contributed by atoms with van der Waals surface area (Å²) >= 11 is 0. The van der Waals surface area contributed by atoms with Crippen molar-refractivity contribution in [2.75, 3.05) is 11.9 Å². The Hall–Kier alpha value is -4.05. The van der Waals surface area contributed by atoms with Gasteiger partial charge >= 0.3 is 6.18 Å². The monoisotopic (exact) mass is 574 g/mol. The first kappa shape index (κ1) is 29.9. The van der Waals surface area contributed by atoms with E-state index >= 15 is 0 Å². The van der Waals surface area contributed by atoms with Gasteiger partial charge in [-0.3, -0.25) is 14.6 Å². The number of aliphatic hydroxyl groups is 1. The molecule has 1 atom stereocenters. The molecule has 0 spiro atoms. The number of nitrogens with zero attached hydrogens (tertiary/aromatic N) is 4. The largest absolute Gasteiger partial charge is 0.449 e. The second-order valence-corrected chi connectivity index (χ2v) is 10.8. The fourth-order valence-electron chi connectivity index (χ4n) is 4.79. The predicted octanol–water partition coefficient (Wildman–Crippen LogP) is 4.60. The molecular formula is C28H30F4N6O3. The molecule has 1 fully saturated rings. The highest BCUT2D eigenvalue weighted by Gasteiger charge is 2.39. The summed E-state index contributed by atoms with van der Waals surface area (Å²) in [5, 5.41) is 29.1.